The Bertz CT molecular complexity index is 924. The summed E-state index contributed by atoms with van der Waals surface area (Å²) in [4.78, 5) is 13.6. The maximum atomic E-state index is 12.4. The number of carbonyl (C=O) groups excluding carboxylic acids is 1. The van der Waals surface area contributed by atoms with E-state index in [1.807, 2.05) is 11.4 Å². The number of amides is 1. The van der Waals surface area contributed by atoms with Crippen LogP contribution in [0.2, 0.25) is 0 Å². The molecule has 0 saturated heterocycles. The number of nitrogens with one attached hydrogen (secondary N) is 2. The molecule has 0 radical (unpaired) electrons. The molecular formula is C22H23N3OS2. The minimum absolute atomic E-state index is 0.0373. The number of nitrogens with zero attached hydrogens (tertiary/aromatic N) is 1. The predicted octanol–water partition coefficient (Wildman–Crippen LogP) is 5.34. The summed E-state index contributed by atoms with van der Waals surface area (Å²) >= 11 is 3.03. The molecule has 1 amide bonds. The maximum Gasteiger partial charge on any atom is 0.238 e. The zero-order chi connectivity index (χ0) is 19.8. The van der Waals surface area contributed by atoms with Crippen LogP contribution in [0, 0.1) is 11.3 Å². The van der Waals surface area contributed by atoms with Crippen LogP contribution in [0.5, 0.6) is 0 Å². The molecule has 0 aliphatic heterocycles. The molecule has 2 aromatic heterocycles. The first-order chi connectivity index (χ1) is 13.7. The Morgan fingerprint density at radius 2 is 1.96 bits per heavy atom. The van der Waals surface area contributed by atoms with Crippen LogP contribution < -0.4 is 10.6 Å². The van der Waals surface area contributed by atoms with Gasteiger partial charge in [0.2, 0.25) is 5.91 Å². The minimum atomic E-state index is -0.153. The molecule has 0 fully saturated rings. The van der Waals surface area contributed by atoms with E-state index >= 15 is 0 Å². The van der Waals surface area contributed by atoms with E-state index in [0.717, 1.165) is 12.0 Å². The first-order valence-electron chi connectivity index (χ1n) is 9.34. The summed E-state index contributed by atoms with van der Waals surface area (Å²) in [5.74, 6) is -0.153. The summed E-state index contributed by atoms with van der Waals surface area (Å²) < 4.78 is 0. The van der Waals surface area contributed by atoms with Gasteiger partial charge in [0.15, 0.2) is 0 Å². The quantitative estimate of drug-likeness (QED) is 0.501. The Labute approximate surface area is 173 Å². The van der Waals surface area contributed by atoms with Crippen LogP contribution in [0.1, 0.15) is 47.4 Å². The Hall–Kier alpha value is -2.46. The summed E-state index contributed by atoms with van der Waals surface area (Å²) in [6.45, 7) is 2.37. The van der Waals surface area contributed by atoms with Crippen LogP contribution in [0.3, 0.4) is 0 Å². The van der Waals surface area contributed by atoms with E-state index in [4.69, 9.17) is 5.26 Å². The third-order valence-corrected chi connectivity index (χ3v) is 6.23. The number of nitriles is 1. The number of hydrogen-bond acceptors (Lipinski definition) is 5. The Morgan fingerprint density at radius 1 is 1.14 bits per heavy atom. The zero-order valence-corrected chi connectivity index (χ0v) is 17.4. The number of hydrogen-bond donors (Lipinski definition) is 2. The molecule has 144 valence electrons. The van der Waals surface area contributed by atoms with Gasteiger partial charge in [0.05, 0.1) is 18.2 Å². The molecule has 0 unspecified atom stereocenters. The molecule has 2 N–H and O–H groups in total. The van der Waals surface area contributed by atoms with E-state index in [1.165, 1.54) is 34.6 Å². The number of carbonyl (C=O) groups is 1. The van der Waals surface area contributed by atoms with Crippen LogP contribution in [0.25, 0.3) is 0 Å². The standard InChI is InChI=1S/C22H23N3OS2/c1-2-3-5-16-7-9-17(10-8-16)21(19-6-4-12-27-19)24-15-20(26)25-22-18(14-23)11-13-28-22/h4,6-13,21,24H,2-3,5,15H2,1H3,(H,25,26)/t21-/m1/s1. The lowest BCUT2D eigenvalue weighted by Crippen LogP contribution is -2.31. The van der Waals surface area contributed by atoms with Crippen molar-refractivity contribution >= 4 is 33.6 Å². The topological polar surface area (TPSA) is 64.9 Å². The number of anilines is 1. The van der Waals surface area contributed by atoms with Gasteiger partial charge in [-0.25, -0.2) is 0 Å². The fourth-order valence-corrected chi connectivity index (χ4v) is 4.54. The Balaban J connectivity index is 1.67. The Morgan fingerprint density at radius 3 is 2.64 bits per heavy atom. The molecule has 2 heterocycles. The van der Waals surface area contributed by atoms with Gasteiger partial charge >= 0.3 is 0 Å². The fourth-order valence-electron chi connectivity index (χ4n) is 2.96. The minimum Gasteiger partial charge on any atom is -0.315 e. The van der Waals surface area contributed by atoms with Crippen molar-refractivity contribution in [1.82, 2.24) is 5.32 Å². The maximum absolute atomic E-state index is 12.4. The van der Waals surface area contributed by atoms with Gasteiger partial charge < -0.3 is 5.32 Å². The molecule has 0 saturated carbocycles. The average Bonchev–Trinajstić information content (AvgIpc) is 3.39. The molecule has 4 nitrogen and oxygen atoms in total. The van der Waals surface area contributed by atoms with E-state index in [2.05, 4.69) is 54.0 Å². The first-order valence-corrected chi connectivity index (χ1v) is 11.1. The highest BCUT2D eigenvalue weighted by atomic mass is 32.1. The van der Waals surface area contributed by atoms with Gasteiger partial charge in [0.25, 0.3) is 0 Å². The van der Waals surface area contributed by atoms with Crippen molar-refractivity contribution in [1.29, 1.82) is 5.26 Å². The highest BCUT2D eigenvalue weighted by Gasteiger charge is 2.17. The van der Waals surface area contributed by atoms with Crippen molar-refractivity contribution in [3.05, 3.63) is 74.8 Å². The zero-order valence-electron chi connectivity index (χ0n) is 15.8. The molecule has 28 heavy (non-hydrogen) atoms. The van der Waals surface area contributed by atoms with Crippen molar-refractivity contribution in [3.8, 4) is 6.07 Å². The molecule has 0 aliphatic carbocycles. The van der Waals surface area contributed by atoms with Crippen molar-refractivity contribution in [2.75, 3.05) is 11.9 Å². The van der Waals surface area contributed by atoms with Gasteiger partial charge in [-0.2, -0.15) is 5.26 Å². The van der Waals surface area contributed by atoms with Crippen molar-refractivity contribution in [2.45, 2.75) is 32.2 Å². The lowest BCUT2D eigenvalue weighted by Gasteiger charge is -2.18. The summed E-state index contributed by atoms with van der Waals surface area (Å²) in [5.41, 5.74) is 2.98. The van der Waals surface area contributed by atoms with Crippen molar-refractivity contribution in [2.24, 2.45) is 0 Å². The molecule has 1 atom stereocenters. The smallest absolute Gasteiger partial charge is 0.238 e. The summed E-state index contributed by atoms with van der Waals surface area (Å²) in [6, 6.07) is 16.5. The van der Waals surface area contributed by atoms with E-state index in [-0.39, 0.29) is 18.5 Å². The molecule has 3 aromatic rings. The van der Waals surface area contributed by atoms with E-state index in [9.17, 15) is 4.79 Å². The van der Waals surface area contributed by atoms with Crippen molar-refractivity contribution in [3.63, 3.8) is 0 Å². The molecule has 0 bridgehead atoms. The van der Waals surface area contributed by atoms with E-state index in [1.54, 1.807) is 22.8 Å². The summed E-state index contributed by atoms with van der Waals surface area (Å²) in [5, 5.41) is 19.7. The third-order valence-electron chi connectivity index (χ3n) is 4.47. The van der Waals surface area contributed by atoms with Gasteiger partial charge in [0.1, 0.15) is 11.1 Å². The molecule has 6 heteroatoms. The number of rotatable bonds is 9. The SMILES string of the molecule is CCCCc1ccc([C@@H](NCC(=O)Nc2sccc2C#N)c2cccs2)cc1. The van der Waals surface area contributed by atoms with Crippen LogP contribution in [-0.4, -0.2) is 12.5 Å². The lowest BCUT2D eigenvalue weighted by molar-refractivity contribution is -0.115. The molecular weight excluding hydrogens is 386 g/mol. The van der Waals surface area contributed by atoms with E-state index < -0.39 is 0 Å². The monoisotopic (exact) mass is 409 g/mol. The molecule has 1 aromatic carbocycles. The van der Waals surface area contributed by atoms with Crippen LogP contribution >= 0.6 is 22.7 Å². The second-order valence-electron chi connectivity index (χ2n) is 6.50. The Kier molecular flexibility index (Phi) is 7.38. The average molecular weight is 410 g/mol. The molecule has 0 spiro atoms. The lowest BCUT2D eigenvalue weighted by atomic mass is 10.0. The second-order valence-corrected chi connectivity index (χ2v) is 8.39. The fraction of sp³-hybridized carbons (Fsp3) is 0.273. The van der Waals surface area contributed by atoms with Gasteiger partial charge in [-0.1, -0.05) is 43.7 Å². The highest BCUT2D eigenvalue weighted by molar-refractivity contribution is 7.14. The molecule has 0 aliphatic rings. The normalized spacial score (nSPS) is 11.7. The van der Waals surface area contributed by atoms with E-state index in [0.29, 0.717) is 10.6 Å². The van der Waals surface area contributed by atoms with Crippen LogP contribution in [0.4, 0.5) is 5.00 Å². The van der Waals surface area contributed by atoms with Crippen LogP contribution in [-0.2, 0) is 11.2 Å². The number of aryl methyl sites for hydroxylation is 1. The van der Waals surface area contributed by atoms with Gasteiger partial charge in [-0.3, -0.25) is 10.1 Å². The number of thiophene rings is 2. The third kappa shape index (κ3) is 5.29. The second kappa shape index (κ2) is 10.2. The summed E-state index contributed by atoms with van der Waals surface area (Å²) in [6.07, 6.45) is 3.48. The van der Waals surface area contributed by atoms with Gasteiger partial charge in [0, 0.05) is 4.88 Å². The van der Waals surface area contributed by atoms with Gasteiger partial charge in [-0.05, 0) is 46.9 Å². The highest BCUT2D eigenvalue weighted by Crippen LogP contribution is 2.27. The largest absolute Gasteiger partial charge is 0.315 e. The number of unbranched alkanes of at least 4 members (excludes halogenated alkanes) is 1. The van der Waals surface area contributed by atoms with Crippen LogP contribution in [0.15, 0.2) is 53.2 Å². The summed E-state index contributed by atoms with van der Waals surface area (Å²) in [7, 11) is 0. The predicted molar refractivity (Wildman–Crippen MR) is 117 cm³/mol. The number of benzene rings is 1. The first kappa shape index (κ1) is 20.3. The van der Waals surface area contributed by atoms with Gasteiger partial charge in [-0.15, -0.1) is 22.7 Å². The van der Waals surface area contributed by atoms with Crippen molar-refractivity contribution < 1.29 is 4.79 Å². The molecule has 3 rings (SSSR count).